The molecule has 2 rings (SSSR count). The van der Waals surface area contributed by atoms with Crippen molar-refractivity contribution in [1.82, 2.24) is 14.7 Å². The number of aromatic nitrogens is 2. The summed E-state index contributed by atoms with van der Waals surface area (Å²) in [7, 11) is 0. The lowest BCUT2D eigenvalue weighted by Crippen LogP contribution is -2.40. The number of amides is 2. The number of nitrogens with one attached hydrogen (secondary N) is 1. The van der Waals surface area contributed by atoms with Gasteiger partial charge in [0.25, 0.3) is 0 Å². The van der Waals surface area contributed by atoms with E-state index in [1.54, 1.807) is 15.6 Å². The molecule has 1 aromatic carbocycles. The van der Waals surface area contributed by atoms with Gasteiger partial charge < -0.3 is 10.2 Å². The Morgan fingerprint density at radius 2 is 1.78 bits per heavy atom. The molecule has 0 aliphatic heterocycles. The fourth-order valence-electron chi connectivity index (χ4n) is 3.21. The lowest BCUT2D eigenvalue weighted by molar-refractivity contribution is -0.136. The normalized spacial score (nSPS) is 12.0. The van der Waals surface area contributed by atoms with Crippen molar-refractivity contribution in [3.63, 3.8) is 0 Å². The number of halogens is 1. The van der Waals surface area contributed by atoms with Crippen LogP contribution in [-0.4, -0.2) is 39.6 Å². The van der Waals surface area contributed by atoms with Gasteiger partial charge in [0.05, 0.1) is 22.9 Å². The minimum absolute atomic E-state index is 0.00362. The van der Waals surface area contributed by atoms with Gasteiger partial charge in [0, 0.05) is 24.4 Å². The number of rotatable bonds is 8. The van der Waals surface area contributed by atoms with Gasteiger partial charge in [-0.3, -0.25) is 9.59 Å². The van der Waals surface area contributed by atoms with Crippen LogP contribution in [0.1, 0.15) is 73.4 Å². The zero-order valence-electron chi connectivity index (χ0n) is 20.5. The maximum Gasteiger partial charge on any atom is 0.245 e. The van der Waals surface area contributed by atoms with E-state index in [1.807, 2.05) is 45.0 Å². The lowest BCUT2D eigenvalue weighted by Gasteiger charge is -2.26. The van der Waals surface area contributed by atoms with Crippen molar-refractivity contribution in [2.24, 2.45) is 5.41 Å². The van der Waals surface area contributed by atoms with Crippen molar-refractivity contribution in [3.8, 4) is 5.69 Å². The molecule has 0 saturated carbocycles. The van der Waals surface area contributed by atoms with Gasteiger partial charge in [-0.2, -0.15) is 5.10 Å². The molecule has 0 radical (unpaired) electrons. The number of para-hydroxylation sites is 1. The molecule has 0 atom stereocenters. The summed E-state index contributed by atoms with van der Waals surface area (Å²) < 4.78 is 1.66. The van der Waals surface area contributed by atoms with Crippen LogP contribution in [0.2, 0.25) is 5.02 Å². The summed E-state index contributed by atoms with van der Waals surface area (Å²) in [6.07, 6.45) is 2.21. The predicted octanol–water partition coefficient (Wildman–Crippen LogP) is 5.83. The van der Waals surface area contributed by atoms with Crippen LogP contribution in [0.15, 0.2) is 30.3 Å². The minimum Gasteiger partial charge on any atom is -0.333 e. The van der Waals surface area contributed by atoms with Crippen LogP contribution < -0.4 is 5.32 Å². The van der Waals surface area contributed by atoms with Gasteiger partial charge in [0.2, 0.25) is 11.8 Å². The smallest absolute Gasteiger partial charge is 0.245 e. The predicted molar refractivity (Wildman–Crippen MR) is 131 cm³/mol. The molecule has 0 fully saturated rings. The summed E-state index contributed by atoms with van der Waals surface area (Å²) >= 11 is 6.41. The molecule has 0 spiro atoms. The Morgan fingerprint density at radius 1 is 1.12 bits per heavy atom. The molecule has 0 bridgehead atoms. The SMILES string of the molecule is CCCCN(CC(=O)Nc1cc(C(C)(C)C)nn1-c1ccccc1Cl)C(=O)CC(C)(C)C. The molecule has 1 N–H and O–H groups in total. The van der Waals surface area contributed by atoms with E-state index in [9.17, 15) is 9.59 Å². The highest BCUT2D eigenvalue weighted by atomic mass is 35.5. The second-order valence-corrected chi connectivity index (χ2v) is 10.9. The number of carbonyl (C=O) groups excluding carboxylic acids is 2. The maximum absolute atomic E-state index is 13.0. The number of carbonyl (C=O) groups is 2. The molecule has 0 aliphatic carbocycles. The van der Waals surface area contributed by atoms with Crippen LogP contribution in [0.3, 0.4) is 0 Å². The van der Waals surface area contributed by atoms with Gasteiger partial charge in [-0.25, -0.2) is 4.68 Å². The Bertz CT molecular complexity index is 938. The number of nitrogens with zero attached hydrogens (tertiary/aromatic N) is 3. The van der Waals surface area contributed by atoms with Gasteiger partial charge in [-0.15, -0.1) is 0 Å². The highest BCUT2D eigenvalue weighted by molar-refractivity contribution is 6.32. The highest BCUT2D eigenvalue weighted by Crippen LogP contribution is 2.29. The summed E-state index contributed by atoms with van der Waals surface area (Å²) in [5.74, 6) is 0.278. The third kappa shape index (κ3) is 7.37. The molecule has 1 aromatic heterocycles. The van der Waals surface area contributed by atoms with E-state index < -0.39 is 0 Å². The first-order valence-corrected chi connectivity index (χ1v) is 11.6. The van der Waals surface area contributed by atoms with E-state index in [1.165, 1.54) is 0 Å². The molecule has 0 saturated heterocycles. The topological polar surface area (TPSA) is 67.2 Å². The Morgan fingerprint density at radius 3 is 2.34 bits per heavy atom. The Labute approximate surface area is 197 Å². The van der Waals surface area contributed by atoms with Crippen LogP contribution in [0.4, 0.5) is 5.82 Å². The summed E-state index contributed by atoms with van der Waals surface area (Å²) in [5.41, 5.74) is 1.18. The first kappa shape index (κ1) is 25.9. The Balaban J connectivity index is 2.29. The first-order chi connectivity index (χ1) is 14.8. The molecule has 176 valence electrons. The van der Waals surface area contributed by atoms with Crippen LogP contribution in [0.25, 0.3) is 5.69 Å². The minimum atomic E-state index is -0.253. The molecule has 1 heterocycles. The van der Waals surface area contributed by atoms with E-state index in [-0.39, 0.29) is 29.2 Å². The van der Waals surface area contributed by atoms with E-state index >= 15 is 0 Å². The lowest BCUT2D eigenvalue weighted by atomic mass is 9.91. The standard InChI is InChI=1S/C25H37ClN4O2/c1-8-9-14-29(23(32)16-24(2,3)4)17-22(31)27-21-15-20(25(5,6)7)28-30(21)19-13-11-10-12-18(19)26/h10-13,15H,8-9,14,16-17H2,1-7H3,(H,27,31). The van der Waals surface area contributed by atoms with Gasteiger partial charge >= 0.3 is 0 Å². The average Bonchev–Trinajstić information content (AvgIpc) is 3.08. The molecule has 2 amide bonds. The van der Waals surface area contributed by atoms with Crippen LogP contribution >= 0.6 is 11.6 Å². The molecule has 7 heteroatoms. The number of anilines is 1. The molecule has 32 heavy (non-hydrogen) atoms. The van der Waals surface area contributed by atoms with E-state index in [0.29, 0.717) is 29.5 Å². The van der Waals surface area contributed by atoms with Gasteiger partial charge in [-0.1, -0.05) is 78.6 Å². The molecule has 0 aliphatic rings. The quantitative estimate of drug-likeness (QED) is 0.539. The Kier molecular flexibility index (Phi) is 8.52. The third-order valence-corrected chi connectivity index (χ3v) is 5.30. The maximum atomic E-state index is 13.0. The van der Waals surface area contributed by atoms with Crippen molar-refractivity contribution in [2.45, 2.75) is 73.1 Å². The van der Waals surface area contributed by atoms with Crippen molar-refractivity contribution in [3.05, 3.63) is 41.0 Å². The van der Waals surface area contributed by atoms with E-state index in [2.05, 4.69) is 33.0 Å². The Hall–Kier alpha value is -2.34. The first-order valence-electron chi connectivity index (χ1n) is 11.2. The van der Waals surface area contributed by atoms with Gasteiger partial charge in [-0.05, 0) is 24.0 Å². The van der Waals surface area contributed by atoms with Crippen molar-refractivity contribution < 1.29 is 9.59 Å². The fraction of sp³-hybridized carbons (Fsp3) is 0.560. The van der Waals surface area contributed by atoms with E-state index in [4.69, 9.17) is 16.7 Å². The van der Waals surface area contributed by atoms with Crippen LogP contribution in [0, 0.1) is 5.41 Å². The van der Waals surface area contributed by atoms with Crippen LogP contribution in [0.5, 0.6) is 0 Å². The third-order valence-electron chi connectivity index (χ3n) is 4.98. The van der Waals surface area contributed by atoms with Crippen molar-refractivity contribution >= 4 is 29.2 Å². The number of benzene rings is 1. The monoisotopic (exact) mass is 460 g/mol. The van der Waals surface area contributed by atoms with Gasteiger partial charge in [0.15, 0.2) is 0 Å². The molecular formula is C25H37ClN4O2. The molecular weight excluding hydrogens is 424 g/mol. The van der Waals surface area contributed by atoms with Crippen molar-refractivity contribution in [2.75, 3.05) is 18.4 Å². The molecule has 0 unspecified atom stereocenters. The molecule has 6 nitrogen and oxygen atoms in total. The van der Waals surface area contributed by atoms with E-state index in [0.717, 1.165) is 18.5 Å². The summed E-state index contributed by atoms with van der Waals surface area (Å²) in [6.45, 7) is 14.9. The summed E-state index contributed by atoms with van der Waals surface area (Å²) in [5, 5.41) is 8.22. The molecule has 2 aromatic rings. The second-order valence-electron chi connectivity index (χ2n) is 10.5. The zero-order valence-corrected chi connectivity index (χ0v) is 21.2. The average molecular weight is 461 g/mol. The summed E-state index contributed by atoms with van der Waals surface area (Å²) in [6, 6.07) is 9.25. The van der Waals surface area contributed by atoms with Crippen LogP contribution in [-0.2, 0) is 15.0 Å². The second kappa shape index (κ2) is 10.5. The zero-order chi connectivity index (χ0) is 24.1. The largest absolute Gasteiger partial charge is 0.333 e. The summed E-state index contributed by atoms with van der Waals surface area (Å²) in [4.78, 5) is 27.5. The fourth-order valence-corrected chi connectivity index (χ4v) is 3.42. The number of unbranched alkanes of at least 4 members (excludes halogenated alkanes) is 1. The van der Waals surface area contributed by atoms with Crippen molar-refractivity contribution in [1.29, 1.82) is 0 Å². The van der Waals surface area contributed by atoms with Gasteiger partial charge in [0.1, 0.15) is 5.82 Å². The highest BCUT2D eigenvalue weighted by Gasteiger charge is 2.25. The number of hydrogen-bond acceptors (Lipinski definition) is 3. The number of hydrogen-bond donors (Lipinski definition) is 1.